The first-order valence-corrected chi connectivity index (χ1v) is 7.96. The van der Waals surface area contributed by atoms with Gasteiger partial charge in [0.1, 0.15) is 0 Å². The second-order valence-corrected chi connectivity index (χ2v) is 5.95. The van der Waals surface area contributed by atoms with E-state index >= 15 is 0 Å². The fourth-order valence-electron chi connectivity index (χ4n) is 2.30. The molecule has 2 heteroatoms. The first-order chi connectivity index (χ1) is 9.20. The fourth-order valence-corrected chi connectivity index (χ4v) is 3.20. The van der Waals surface area contributed by atoms with Gasteiger partial charge in [0.15, 0.2) is 0 Å². The highest BCUT2D eigenvalue weighted by Crippen LogP contribution is 2.25. The van der Waals surface area contributed by atoms with Crippen molar-refractivity contribution < 1.29 is 0 Å². The molecule has 1 atom stereocenters. The molecule has 0 fully saturated rings. The Hall–Kier alpha value is -1.12. The lowest BCUT2D eigenvalue weighted by molar-refractivity contribution is 0.528. The van der Waals surface area contributed by atoms with Crippen molar-refractivity contribution in [2.24, 2.45) is 0 Å². The van der Waals surface area contributed by atoms with Crippen LogP contribution in [0.1, 0.15) is 41.6 Å². The summed E-state index contributed by atoms with van der Waals surface area (Å²) in [7, 11) is 0. The minimum absolute atomic E-state index is 0.439. The molecule has 102 valence electrons. The summed E-state index contributed by atoms with van der Waals surface area (Å²) in [5, 5.41) is 8.21. The van der Waals surface area contributed by atoms with E-state index in [1.807, 2.05) is 0 Å². The zero-order valence-corrected chi connectivity index (χ0v) is 12.9. The zero-order valence-electron chi connectivity index (χ0n) is 12.1. The van der Waals surface area contributed by atoms with Gasteiger partial charge < -0.3 is 5.32 Å². The second kappa shape index (κ2) is 6.88. The topological polar surface area (TPSA) is 12.0 Å². The predicted molar refractivity (Wildman–Crippen MR) is 85.0 cm³/mol. The first kappa shape index (κ1) is 14.3. The maximum atomic E-state index is 3.68. The summed E-state index contributed by atoms with van der Waals surface area (Å²) in [6.45, 7) is 7.64. The highest BCUT2D eigenvalue weighted by atomic mass is 32.1. The van der Waals surface area contributed by atoms with E-state index in [2.05, 4.69) is 61.1 Å². The Morgan fingerprint density at radius 1 is 1.11 bits per heavy atom. The van der Waals surface area contributed by atoms with E-state index in [0.29, 0.717) is 6.04 Å². The SMILES string of the molecule is CCCNC(Cc1ccc(C)cc1)c1cscc1C. The van der Waals surface area contributed by atoms with Crippen molar-refractivity contribution in [1.29, 1.82) is 0 Å². The van der Waals surface area contributed by atoms with E-state index in [4.69, 9.17) is 0 Å². The summed E-state index contributed by atoms with van der Waals surface area (Å²) in [6.07, 6.45) is 2.24. The molecule has 2 rings (SSSR count). The lowest BCUT2D eigenvalue weighted by Crippen LogP contribution is -2.24. The van der Waals surface area contributed by atoms with Gasteiger partial charge in [-0.05, 0) is 60.7 Å². The maximum absolute atomic E-state index is 3.68. The van der Waals surface area contributed by atoms with Crippen molar-refractivity contribution in [3.63, 3.8) is 0 Å². The minimum atomic E-state index is 0.439. The molecule has 2 aromatic rings. The van der Waals surface area contributed by atoms with E-state index in [9.17, 15) is 0 Å². The molecule has 1 aromatic heterocycles. The van der Waals surface area contributed by atoms with Crippen LogP contribution in [0.25, 0.3) is 0 Å². The van der Waals surface area contributed by atoms with Crippen LogP contribution in [-0.4, -0.2) is 6.54 Å². The Balaban J connectivity index is 2.14. The van der Waals surface area contributed by atoms with Gasteiger partial charge in [-0.1, -0.05) is 36.8 Å². The number of benzene rings is 1. The third-order valence-corrected chi connectivity index (χ3v) is 4.35. The highest BCUT2D eigenvalue weighted by Gasteiger charge is 2.14. The zero-order chi connectivity index (χ0) is 13.7. The predicted octanol–water partition coefficient (Wildman–Crippen LogP) is 4.65. The summed E-state index contributed by atoms with van der Waals surface area (Å²) >= 11 is 1.80. The summed E-state index contributed by atoms with van der Waals surface area (Å²) in [4.78, 5) is 0. The Morgan fingerprint density at radius 2 is 1.84 bits per heavy atom. The van der Waals surface area contributed by atoms with E-state index in [0.717, 1.165) is 13.0 Å². The normalized spacial score (nSPS) is 12.6. The molecule has 1 nitrogen and oxygen atoms in total. The van der Waals surface area contributed by atoms with Crippen molar-refractivity contribution in [3.8, 4) is 0 Å². The standard InChI is InChI=1S/C17H23NS/c1-4-9-18-17(16-12-19-11-14(16)3)10-15-7-5-13(2)6-8-15/h5-8,11-12,17-18H,4,9-10H2,1-3H3. The molecular weight excluding hydrogens is 250 g/mol. The fraction of sp³-hybridized carbons (Fsp3) is 0.412. The number of hydrogen-bond acceptors (Lipinski definition) is 2. The van der Waals surface area contributed by atoms with Crippen molar-refractivity contribution >= 4 is 11.3 Å². The summed E-state index contributed by atoms with van der Waals surface area (Å²) < 4.78 is 0. The van der Waals surface area contributed by atoms with Gasteiger partial charge in [0.05, 0.1) is 0 Å². The molecule has 19 heavy (non-hydrogen) atoms. The van der Waals surface area contributed by atoms with Crippen molar-refractivity contribution in [1.82, 2.24) is 5.32 Å². The van der Waals surface area contributed by atoms with Crippen LogP contribution in [0.15, 0.2) is 35.0 Å². The van der Waals surface area contributed by atoms with Gasteiger partial charge in [-0.15, -0.1) is 0 Å². The Morgan fingerprint density at radius 3 is 2.42 bits per heavy atom. The minimum Gasteiger partial charge on any atom is -0.310 e. The number of aryl methyl sites for hydroxylation is 2. The van der Waals surface area contributed by atoms with Gasteiger partial charge in [0.2, 0.25) is 0 Å². The lowest BCUT2D eigenvalue weighted by atomic mass is 9.98. The van der Waals surface area contributed by atoms with E-state index in [-0.39, 0.29) is 0 Å². The Kier molecular flexibility index (Phi) is 5.17. The average Bonchev–Trinajstić information content (AvgIpc) is 2.83. The average molecular weight is 273 g/mol. The van der Waals surface area contributed by atoms with Crippen LogP contribution in [0.4, 0.5) is 0 Å². The van der Waals surface area contributed by atoms with Crippen LogP contribution in [-0.2, 0) is 6.42 Å². The lowest BCUT2D eigenvalue weighted by Gasteiger charge is -2.19. The third kappa shape index (κ3) is 3.92. The molecule has 0 aliphatic heterocycles. The van der Waals surface area contributed by atoms with Gasteiger partial charge in [-0.2, -0.15) is 11.3 Å². The third-order valence-electron chi connectivity index (χ3n) is 3.47. The monoisotopic (exact) mass is 273 g/mol. The van der Waals surface area contributed by atoms with Crippen LogP contribution in [0.5, 0.6) is 0 Å². The van der Waals surface area contributed by atoms with Crippen LogP contribution >= 0.6 is 11.3 Å². The first-order valence-electron chi connectivity index (χ1n) is 7.02. The molecule has 0 spiro atoms. The molecule has 0 aliphatic carbocycles. The largest absolute Gasteiger partial charge is 0.310 e. The summed E-state index contributed by atoms with van der Waals surface area (Å²) in [6, 6.07) is 9.34. The maximum Gasteiger partial charge on any atom is 0.0371 e. The van der Waals surface area contributed by atoms with Gasteiger partial charge >= 0.3 is 0 Å². The molecule has 0 aliphatic rings. The van der Waals surface area contributed by atoms with E-state index in [1.165, 1.54) is 28.7 Å². The molecule has 1 aromatic carbocycles. The number of hydrogen-bond donors (Lipinski definition) is 1. The van der Waals surface area contributed by atoms with Crippen LogP contribution < -0.4 is 5.32 Å². The molecule has 0 bridgehead atoms. The summed E-state index contributed by atoms with van der Waals surface area (Å²) in [5.41, 5.74) is 5.60. The molecule has 1 unspecified atom stereocenters. The van der Waals surface area contributed by atoms with Crippen molar-refractivity contribution in [2.75, 3.05) is 6.54 Å². The van der Waals surface area contributed by atoms with E-state index in [1.54, 1.807) is 11.3 Å². The second-order valence-electron chi connectivity index (χ2n) is 5.21. The quantitative estimate of drug-likeness (QED) is 0.808. The van der Waals surface area contributed by atoms with Gasteiger partial charge in [-0.3, -0.25) is 0 Å². The van der Waals surface area contributed by atoms with Crippen molar-refractivity contribution in [3.05, 3.63) is 57.3 Å². The number of nitrogens with one attached hydrogen (secondary N) is 1. The molecule has 0 saturated carbocycles. The number of thiophene rings is 1. The van der Waals surface area contributed by atoms with Gasteiger partial charge in [-0.25, -0.2) is 0 Å². The summed E-state index contributed by atoms with van der Waals surface area (Å²) in [5.74, 6) is 0. The van der Waals surface area contributed by atoms with Crippen LogP contribution in [0, 0.1) is 13.8 Å². The van der Waals surface area contributed by atoms with Crippen LogP contribution in [0.2, 0.25) is 0 Å². The van der Waals surface area contributed by atoms with Gasteiger partial charge in [0, 0.05) is 6.04 Å². The van der Waals surface area contributed by atoms with Gasteiger partial charge in [0.25, 0.3) is 0 Å². The Bertz CT molecular complexity index is 498. The highest BCUT2D eigenvalue weighted by molar-refractivity contribution is 7.08. The molecular formula is C17H23NS. The number of rotatable bonds is 6. The van der Waals surface area contributed by atoms with E-state index < -0.39 is 0 Å². The van der Waals surface area contributed by atoms with Crippen LogP contribution in [0.3, 0.4) is 0 Å². The molecule has 0 radical (unpaired) electrons. The Labute approximate surface area is 120 Å². The molecule has 0 saturated heterocycles. The molecule has 1 N–H and O–H groups in total. The molecule has 1 heterocycles. The van der Waals surface area contributed by atoms with Crippen molar-refractivity contribution in [2.45, 2.75) is 39.7 Å². The smallest absolute Gasteiger partial charge is 0.0371 e. The molecule has 0 amide bonds.